The lowest BCUT2D eigenvalue weighted by atomic mass is 10.1. The number of sulfonamides is 1. The van der Waals surface area contributed by atoms with Crippen LogP contribution in [0.25, 0.3) is 0 Å². The molecule has 0 spiro atoms. The Morgan fingerprint density at radius 1 is 1.03 bits per heavy atom. The molecular formula is C22H20BrClN2O4S. The van der Waals surface area contributed by atoms with Gasteiger partial charge in [0.1, 0.15) is 5.75 Å². The molecule has 0 aliphatic heterocycles. The Bertz CT molecular complexity index is 1190. The molecule has 0 saturated heterocycles. The average molecular weight is 524 g/mol. The molecule has 2 N–H and O–H groups in total. The monoisotopic (exact) mass is 522 g/mol. The van der Waals surface area contributed by atoms with Gasteiger partial charge in [-0.15, -0.1) is 0 Å². The van der Waals surface area contributed by atoms with Crippen LogP contribution in [0.1, 0.15) is 11.1 Å². The molecular weight excluding hydrogens is 504 g/mol. The lowest BCUT2D eigenvalue weighted by Gasteiger charge is -2.13. The van der Waals surface area contributed by atoms with Gasteiger partial charge in [0.25, 0.3) is 15.9 Å². The van der Waals surface area contributed by atoms with Gasteiger partial charge in [0.2, 0.25) is 0 Å². The lowest BCUT2D eigenvalue weighted by molar-refractivity contribution is -0.118. The van der Waals surface area contributed by atoms with Gasteiger partial charge in [-0.25, -0.2) is 8.42 Å². The van der Waals surface area contributed by atoms with E-state index in [2.05, 4.69) is 26.0 Å². The van der Waals surface area contributed by atoms with E-state index in [1.165, 1.54) is 24.3 Å². The van der Waals surface area contributed by atoms with Crippen LogP contribution in [0, 0.1) is 13.8 Å². The minimum Gasteiger partial charge on any atom is -0.482 e. The highest BCUT2D eigenvalue weighted by Crippen LogP contribution is 2.28. The minimum atomic E-state index is -3.76. The highest BCUT2D eigenvalue weighted by Gasteiger charge is 2.17. The van der Waals surface area contributed by atoms with Crippen LogP contribution < -0.4 is 14.8 Å². The summed E-state index contributed by atoms with van der Waals surface area (Å²) >= 11 is 9.36. The number of anilines is 2. The van der Waals surface area contributed by atoms with E-state index in [1.807, 2.05) is 32.0 Å². The van der Waals surface area contributed by atoms with E-state index in [9.17, 15) is 13.2 Å². The second-order valence-electron chi connectivity index (χ2n) is 6.81. The molecule has 0 bridgehead atoms. The maximum absolute atomic E-state index is 12.7. The molecule has 1 amide bonds. The van der Waals surface area contributed by atoms with Gasteiger partial charge in [0.05, 0.1) is 15.6 Å². The van der Waals surface area contributed by atoms with E-state index in [0.29, 0.717) is 22.1 Å². The summed E-state index contributed by atoms with van der Waals surface area (Å²) < 4.78 is 34.3. The van der Waals surface area contributed by atoms with Gasteiger partial charge >= 0.3 is 0 Å². The summed E-state index contributed by atoms with van der Waals surface area (Å²) in [4.78, 5) is 12.2. The molecule has 0 heterocycles. The van der Waals surface area contributed by atoms with Crippen molar-refractivity contribution in [2.24, 2.45) is 0 Å². The molecule has 31 heavy (non-hydrogen) atoms. The van der Waals surface area contributed by atoms with Crippen LogP contribution in [0.5, 0.6) is 5.75 Å². The van der Waals surface area contributed by atoms with E-state index in [-0.39, 0.29) is 11.5 Å². The first-order valence-electron chi connectivity index (χ1n) is 9.22. The molecule has 0 atom stereocenters. The van der Waals surface area contributed by atoms with Crippen LogP contribution >= 0.6 is 27.5 Å². The topological polar surface area (TPSA) is 84.5 Å². The molecule has 9 heteroatoms. The Morgan fingerprint density at radius 2 is 1.68 bits per heavy atom. The molecule has 0 fully saturated rings. The average Bonchev–Trinajstić information content (AvgIpc) is 2.71. The van der Waals surface area contributed by atoms with Crippen LogP contribution in [-0.2, 0) is 14.8 Å². The Morgan fingerprint density at radius 3 is 2.29 bits per heavy atom. The van der Waals surface area contributed by atoms with Crippen molar-refractivity contribution in [2.75, 3.05) is 16.6 Å². The molecule has 162 valence electrons. The van der Waals surface area contributed by atoms with Gasteiger partial charge in [-0.2, -0.15) is 0 Å². The predicted molar refractivity (Wildman–Crippen MR) is 126 cm³/mol. The fourth-order valence-electron chi connectivity index (χ4n) is 2.82. The summed E-state index contributed by atoms with van der Waals surface area (Å²) in [5.41, 5.74) is 2.67. The summed E-state index contributed by atoms with van der Waals surface area (Å²) in [7, 11) is -3.76. The second-order valence-corrected chi connectivity index (χ2v) is 9.81. The number of nitrogens with one attached hydrogen (secondary N) is 2. The lowest BCUT2D eigenvalue weighted by Crippen LogP contribution is -2.20. The van der Waals surface area contributed by atoms with Crippen molar-refractivity contribution in [3.05, 3.63) is 81.3 Å². The van der Waals surface area contributed by atoms with Crippen molar-refractivity contribution in [1.29, 1.82) is 0 Å². The van der Waals surface area contributed by atoms with Crippen molar-refractivity contribution in [1.82, 2.24) is 0 Å². The van der Waals surface area contributed by atoms with Gasteiger partial charge in [-0.3, -0.25) is 9.52 Å². The van der Waals surface area contributed by atoms with Crippen molar-refractivity contribution in [3.63, 3.8) is 0 Å². The third kappa shape index (κ3) is 6.00. The summed E-state index contributed by atoms with van der Waals surface area (Å²) in [5.74, 6) is -0.0118. The first kappa shape index (κ1) is 23.1. The van der Waals surface area contributed by atoms with E-state index in [0.717, 1.165) is 15.6 Å². The number of para-hydroxylation sites is 1. The van der Waals surface area contributed by atoms with Crippen LogP contribution in [0.2, 0.25) is 5.02 Å². The zero-order valence-electron chi connectivity index (χ0n) is 16.8. The summed E-state index contributed by atoms with van der Waals surface area (Å²) in [6.45, 7) is 3.44. The molecule has 0 aliphatic rings. The molecule has 0 saturated carbocycles. The molecule has 0 radical (unpaired) electrons. The number of ether oxygens (including phenoxy) is 1. The van der Waals surface area contributed by atoms with E-state index in [4.69, 9.17) is 16.3 Å². The molecule has 0 aromatic heterocycles. The number of hydrogen-bond acceptors (Lipinski definition) is 4. The smallest absolute Gasteiger partial charge is 0.262 e. The van der Waals surface area contributed by atoms with E-state index in [1.54, 1.807) is 18.2 Å². The largest absolute Gasteiger partial charge is 0.482 e. The number of benzene rings is 3. The third-order valence-electron chi connectivity index (χ3n) is 4.42. The van der Waals surface area contributed by atoms with Gasteiger partial charge < -0.3 is 10.1 Å². The summed E-state index contributed by atoms with van der Waals surface area (Å²) in [5, 5.41) is 3.04. The SMILES string of the molecule is Cc1cccc(C)c1NS(=O)(=O)c1ccc(NC(=O)COc2ccc(Br)cc2Cl)cc1. The molecule has 3 rings (SSSR count). The Hall–Kier alpha value is -2.55. The van der Waals surface area contributed by atoms with E-state index >= 15 is 0 Å². The van der Waals surface area contributed by atoms with Crippen LogP contribution in [0.3, 0.4) is 0 Å². The van der Waals surface area contributed by atoms with Gasteiger partial charge in [-0.1, -0.05) is 45.7 Å². The fourth-order valence-corrected chi connectivity index (χ4v) is 4.75. The van der Waals surface area contributed by atoms with Crippen LogP contribution in [0.4, 0.5) is 11.4 Å². The van der Waals surface area contributed by atoms with Gasteiger partial charge in [0.15, 0.2) is 6.61 Å². The Balaban J connectivity index is 1.63. The van der Waals surface area contributed by atoms with Crippen molar-refractivity contribution in [2.45, 2.75) is 18.7 Å². The normalized spacial score (nSPS) is 11.1. The first-order valence-corrected chi connectivity index (χ1v) is 11.9. The maximum Gasteiger partial charge on any atom is 0.262 e. The molecule has 3 aromatic carbocycles. The van der Waals surface area contributed by atoms with Crippen LogP contribution in [-0.4, -0.2) is 20.9 Å². The van der Waals surface area contributed by atoms with Crippen LogP contribution in [0.15, 0.2) is 70.0 Å². The highest BCUT2D eigenvalue weighted by molar-refractivity contribution is 9.10. The summed E-state index contributed by atoms with van der Waals surface area (Å²) in [6, 6.07) is 16.5. The minimum absolute atomic E-state index is 0.0889. The zero-order valence-corrected chi connectivity index (χ0v) is 19.9. The molecule has 6 nitrogen and oxygen atoms in total. The molecule has 0 unspecified atom stereocenters. The maximum atomic E-state index is 12.7. The molecule has 0 aliphatic carbocycles. The Labute approximate surface area is 194 Å². The number of carbonyl (C=O) groups excluding carboxylic acids is 1. The zero-order chi connectivity index (χ0) is 22.6. The standard InChI is InChI=1S/C22H20BrClN2O4S/c1-14-4-3-5-15(2)22(14)26-31(28,29)18-9-7-17(8-10-18)25-21(27)13-30-20-11-6-16(23)12-19(20)24/h3-12,26H,13H2,1-2H3,(H,25,27). The van der Waals surface area contributed by atoms with Gasteiger partial charge in [0, 0.05) is 10.2 Å². The number of carbonyl (C=O) groups is 1. The number of aryl methyl sites for hydroxylation is 2. The fraction of sp³-hybridized carbons (Fsp3) is 0.136. The highest BCUT2D eigenvalue weighted by atomic mass is 79.9. The quantitative estimate of drug-likeness (QED) is 0.426. The summed E-state index contributed by atoms with van der Waals surface area (Å²) in [6.07, 6.45) is 0. The number of amides is 1. The van der Waals surface area contributed by atoms with Crippen molar-refractivity contribution >= 4 is 54.8 Å². The molecule has 3 aromatic rings. The number of hydrogen-bond donors (Lipinski definition) is 2. The predicted octanol–water partition coefficient (Wildman–Crippen LogP) is 5.54. The Kier molecular flexibility index (Phi) is 7.25. The number of rotatable bonds is 7. The third-order valence-corrected chi connectivity index (χ3v) is 6.57. The second kappa shape index (κ2) is 9.72. The van der Waals surface area contributed by atoms with Crippen molar-refractivity contribution < 1.29 is 17.9 Å². The van der Waals surface area contributed by atoms with Gasteiger partial charge in [-0.05, 0) is 67.4 Å². The van der Waals surface area contributed by atoms with E-state index < -0.39 is 15.9 Å². The number of halogens is 2. The first-order chi connectivity index (χ1) is 14.7. The van der Waals surface area contributed by atoms with Crippen molar-refractivity contribution in [3.8, 4) is 5.75 Å².